The molecule has 1 saturated heterocycles. The van der Waals surface area contributed by atoms with Gasteiger partial charge in [-0.2, -0.15) is 0 Å². The van der Waals surface area contributed by atoms with Crippen molar-refractivity contribution in [1.29, 1.82) is 0 Å². The molecule has 0 aromatic heterocycles. The van der Waals surface area contributed by atoms with Crippen molar-refractivity contribution in [3.8, 4) is 0 Å². The van der Waals surface area contributed by atoms with Crippen LogP contribution in [0.1, 0.15) is 37.3 Å². The summed E-state index contributed by atoms with van der Waals surface area (Å²) in [5.74, 6) is 0.352. The second-order valence-corrected chi connectivity index (χ2v) is 6.33. The monoisotopic (exact) mass is 296 g/mol. The van der Waals surface area contributed by atoms with Crippen LogP contribution in [0.25, 0.3) is 0 Å². The van der Waals surface area contributed by atoms with Crippen molar-refractivity contribution in [1.82, 2.24) is 10.2 Å². The van der Waals surface area contributed by atoms with Crippen LogP contribution >= 0.6 is 11.6 Å². The first-order chi connectivity index (χ1) is 9.77. The fraction of sp³-hybridized carbons (Fsp3) is 0.625. The maximum absolute atomic E-state index is 14.5. The summed E-state index contributed by atoms with van der Waals surface area (Å²) in [7, 11) is 0. The van der Waals surface area contributed by atoms with Gasteiger partial charge in [-0.25, -0.2) is 4.39 Å². The number of benzene rings is 1. The van der Waals surface area contributed by atoms with Crippen molar-refractivity contribution in [2.45, 2.75) is 31.7 Å². The molecule has 110 valence electrons. The van der Waals surface area contributed by atoms with Crippen molar-refractivity contribution < 1.29 is 4.39 Å². The van der Waals surface area contributed by atoms with E-state index in [1.807, 2.05) is 12.1 Å². The molecule has 2 nitrogen and oxygen atoms in total. The van der Waals surface area contributed by atoms with Crippen LogP contribution in [-0.4, -0.2) is 31.1 Å². The molecule has 0 amide bonds. The lowest BCUT2D eigenvalue weighted by Gasteiger charge is -2.38. The fourth-order valence-electron chi connectivity index (χ4n) is 3.73. The van der Waals surface area contributed by atoms with Crippen LogP contribution in [0.4, 0.5) is 4.39 Å². The van der Waals surface area contributed by atoms with E-state index in [0.717, 1.165) is 31.7 Å². The number of nitrogens with zero attached hydrogens (tertiary/aromatic N) is 1. The molecule has 1 N–H and O–H groups in total. The van der Waals surface area contributed by atoms with E-state index in [9.17, 15) is 4.39 Å². The Morgan fingerprint density at radius 1 is 1.20 bits per heavy atom. The van der Waals surface area contributed by atoms with Gasteiger partial charge >= 0.3 is 0 Å². The van der Waals surface area contributed by atoms with E-state index in [-0.39, 0.29) is 16.9 Å². The van der Waals surface area contributed by atoms with Gasteiger partial charge in [-0.3, -0.25) is 4.90 Å². The first-order valence-electron chi connectivity index (χ1n) is 7.66. The molecular formula is C16H22ClFN2. The Bertz CT molecular complexity index is 454. The molecular weight excluding hydrogens is 275 g/mol. The Morgan fingerprint density at radius 3 is 2.60 bits per heavy atom. The summed E-state index contributed by atoms with van der Waals surface area (Å²) in [4.78, 5) is 2.45. The third-order valence-electron chi connectivity index (χ3n) is 4.69. The molecule has 0 unspecified atom stereocenters. The molecule has 0 spiro atoms. The van der Waals surface area contributed by atoms with Crippen molar-refractivity contribution >= 4 is 11.6 Å². The molecule has 1 atom stereocenters. The molecule has 1 aromatic rings. The zero-order valence-electron chi connectivity index (χ0n) is 11.7. The lowest BCUT2D eigenvalue weighted by molar-refractivity contribution is 0.122. The molecule has 1 aliphatic heterocycles. The quantitative estimate of drug-likeness (QED) is 0.916. The Labute approximate surface area is 125 Å². The van der Waals surface area contributed by atoms with E-state index < -0.39 is 0 Å². The lowest BCUT2D eigenvalue weighted by atomic mass is 9.89. The highest BCUT2D eigenvalue weighted by Crippen LogP contribution is 2.41. The normalized spacial score (nSPS) is 23.1. The molecule has 4 heteroatoms. The third kappa shape index (κ3) is 2.85. The summed E-state index contributed by atoms with van der Waals surface area (Å²) in [6, 6.07) is 5.64. The molecule has 2 aliphatic rings. The number of hydrogen-bond donors (Lipinski definition) is 1. The largest absolute Gasteiger partial charge is 0.314 e. The van der Waals surface area contributed by atoms with E-state index in [1.54, 1.807) is 6.07 Å². The van der Waals surface area contributed by atoms with Crippen molar-refractivity contribution in [2.24, 2.45) is 5.92 Å². The van der Waals surface area contributed by atoms with E-state index in [4.69, 9.17) is 11.6 Å². The fourth-order valence-corrected chi connectivity index (χ4v) is 3.91. The Morgan fingerprint density at radius 2 is 1.90 bits per heavy atom. The Hall–Kier alpha value is -0.640. The minimum absolute atomic E-state index is 0.193. The maximum Gasteiger partial charge on any atom is 0.146 e. The molecule has 0 bridgehead atoms. The smallest absolute Gasteiger partial charge is 0.146 e. The molecule has 1 saturated carbocycles. The number of piperazine rings is 1. The maximum atomic E-state index is 14.5. The standard InChI is InChI=1S/C16H22ClFN2/c17-14-7-3-6-13(15(14)18)16(12-4-1-2-5-12)20-10-8-19-9-11-20/h3,6-7,12,16,19H,1-2,4-5,8-11H2/t16-/m1/s1. The SMILES string of the molecule is Fc1c(Cl)cccc1[C@@H](C1CCCC1)N1CCNCC1. The van der Waals surface area contributed by atoms with E-state index in [2.05, 4.69) is 10.2 Å². The topological polar surface area (TPSA) is 15.3 Å². The van der Waals surface area contributed by atoms with Crippen molar-refractivity contribution in [2.75, 3.05) is 26.2 Å². The summed E-state index contributed by atoms with van der Waals surface area (Å²) in [5.41, 5.74) is 0.798. The summed E-state index contributed by atoms with van der Waals surface area (Å²) in [5, 5.41) is 3.63. The second kappa shape index (κ2) is 6.42. The van der Waals surface area contributed by atoms with Gasteiger partial charge in [-0.15, -0.1) is 0 Å². The predicted molar refractivity (Wildman–Crippen MR) is 80.6 cm³/mol. The third-order valence-corrected chi connectivity index (χ3v) is 4.98. The number of nitrogens with one attached hydrogen (secondary N) is 1. The van der Waals surface area contributed by atoms with Gasteiger partial charge < -0.3 is 5.32 Å². The number of hydrogen-bond acceptors (Lipinski definition) is 2. The van der Waals surface area contributed by atoms with Gasteiger partial charge in [0.05, 0.1) is 5.02 Å². The summed E-state index contributed by atoms with van der Waals surface area (Å²) < 4.78 is 14.5. The van der Waals surface area contributed by atoms with Crippen molar-refractivity contribution in [3.05, 3.63) is 34.6 Å². The molecule has 3 rings (SSSR count). The molecule has 1 aliphatic carbocycles. The van der Waals surface area contributed by atoms with Gasteiger partial charge in [0.15, 0.2) is 0 Å². The predicted octanol–water partition coefficient (Wildman–Crippen LogP) is 3.62. The van der Waals surface area contributed by atoms with Gasteiger partial charge in [0.2, 0.25) is 0 Å². The first-order valence-corrected chi connectivity index (χ1v) is 8.04. The van der Waals surface area contributed by atoms with Crippen LogP contribution in [-0.2, 0) is 0 Å². The van der Waals surface area contributed by atoms with Crippen molar-refractivity contribution in [3.63, 3.8) is 0 Å². The number of halogens is 2. The van der Waals surface area contributed by atoms with Gasteiger partial charge in [0.25, 0.3) is 0 Å². The summed E-state index contributed by atoms with van der Waals surface area (Å²) >= 11 is 6.00. The average Bonchev–Trinajstić information content (AvgIpc) is 2.99. The Kier molecular flexibility index (Phi) is 4.59. The molecule has 20 heavy (non-hydrogen) atoms. The van der Waals surface area contributed by atoms with Crippen LogP contribution < -0.4 is 5.32 Å². The minimum Gasteiger partial charge on any atom is -0.314 e. The molecule has 1 heterocycles. The molecule has 1 aromatic carbocycles. The minimum atomic E-state index is -0.218. The highest BCUT2D eigenvalue weighted by molar-refractivity contribution is 6.30. The van der Waals surface area contributed by atoms with Gasteiger partial charge in [0.1, 0.15) is 5.82 Å². The highest BCUT2D eigenvalue weighted by Gasteiger charge is 2.33. The summed E-state index contributed by atoms with van der Waals surface area (Å²) in [6.07, 6.45) is 4.96. The summed E-state index contributed by atoms with van der Waals surface area (Å²) in [6.45, 7) is 3.97. The van der Waals surface area contributed by atoms with Gasteiger partial charge in [0, 0.05) is 37.8 Å². The highest BCUT2D eigenvalue weighted by atomic mass is 35.5. The second-order valence-electron chi connectivity index (χ2n) is 5.92. The average molecular weight is 297 g/mol. The van der Waals surface area contributed by atoms with E-state index in [1.165, 1.54) is 25.7 Å². The van der Waals surface area contributed by atoms with Gasteiger partial charge in [-0.05, 0) is 24.8 Å². The molecule has 0 radical (unpaired) electrons. The number of rotatable bonds is 3. The van der Waals surface area contributed by atoms with E-state index >= 15 is 0 Å². The van der Waals surface area contributed by atoms with Crippen LogP contribution in [0.5, 0.6) is 0 Å². The first kappa shape index (κ1) is 14.3. The zero-order valence-corrected chi connectivity index (χ0v) is 12.5. The van der Waals surface area contributed by atoms with Crippen LogP contribution in [0, 0.1) is 11.7 Å². The van der Waals surface area contributed by atoms with E-state index in [0.29, 0.717) is 5.92 Å². The van der Waals surface area contributed by atoms with Crippen LogP contribution in [0.15, 0.2) is 18.2 Å². The van der Waals surface area contributed by atoms with Gasteiger partial charge in [-0.1, -0.05) is 36.6 Å². The lowest BCUT2D eigenvalue weighted by Crippen LogP contribution is -2.46. The van der Waals surface area contributed by atoms with Crippen LogP contribution in [0.2, 0.25) is 5.02 Å². The van der Waals surface area contributed by atoms with Crippen LogP contribution in [0.3, 0.4) is 0 Å². The molecule has 2 fully saturated rings. The Balaban J connectivity index is 1.93. The zero-order chi connectivity index (χ0) is 13.9.